The first kappa shape index (κ1) is 22.4. The van der Waals surface area contributed by atoms with Crippen molar-refractivity contribution in [2.75, 3.05) is 40.3 Å². The number of halogens is 1. The third-order valence-electron chi connectivity index (χ3n) is 4.49. The molecule has 0 aliphatic carbocycles. The highest BCUT2D eigenvalue weighted by Crippen LogP contribution is 2.12. The monoisotopic (exact) mass is 408 g/mol. The second kappa shape index (κ2) is 11.2. The minimum absolute atomic E-state index is 0.0415. The molecule has 10 heteroatoms. The lowest BCUT2D eigenvalue weighted by Gasteiger charge is -2.32. The minimum Gasteiger partial charge on any atom is -0.450 e. The Kier molecular flexibility index (Phi) is 8.63. The molecule has 1 saturated heterocycles. The molecule has 1 aromatic rings. The number of nitrogens with one attached hydrogen (secondary N) is 2. The van der Waals surface area contributed by atoms with Crippen molar-refractivity contribution < 1.29 is 18.7 Å². The lowest BCUT2D eigenvalue weighted by atomic mass is 10.1. The van der Waals surface area contributed by atoms with Crippen LogP contribution in [0.15, 0.2) is 23.3 Å². The van der Waals surface area contributed by atoms with E-state index in [1.165, 1.54) is 23.2 Å². The number of carbonyl (C=O) groups is 2. The van der Waals surface area contributed by atoms with Gasteiger partial charge in [-0.1, -0.05) is 0 Å². The molecular weight excluding hydrogens is 379 g/mol. The summed E-state index contributed by atoms with van der Waals surface area (Å²) < 4.78 is 18.8. The van der Waals surface area contributed by atoms with E-state index in [0.717, 1.165) is 0 Å². The maximum absolute atomic E-state index is 13.8. The fourth-order valence-electron chi connectivity index (χ4n) is 2.77. The van der Waals surface area contributed by atoms with Gasteiger partial charge in [-0.25, -0.2) is 14.2 Å². The number of guanidine groups is 1. The summed E-state index contributed by atoms with van der Waals surface area (Å²) in [4.78, 5) is 35.2. The van der Waals surface area contributed by atoms with E-state index in [4.69, 9.17) is 4.74 Å². The van der Waals surface area contributed by atoms with Crippen molar-refractivity contribution in [2.24, 2.45) is 4.99 Å². The standard InChI is InChI=1S/C19H29FN6O3/c1-4-29-19(28)26-10-7-14(8-11-26)24-18(23-13-17(27)25(2)3)22-12-16-15(20)6-5-9-21-16/h5-6,9,14H,4,7-8,10-13H2,1-3H3,(H2,22,23,24). The second-order valence-electron chi connectivity index (χ2n) is 6.84. The highest BCUT2D eigenvalue weighted by Gasteiger charge is 2.24. The number of hydrogen-bond acceptors (Lipinski definition) is 5. The third-order valence-corrected chi connectivity index (χ3v) is 4.49. The molecule has 0 spiro atoms. The summed E-state index contributed by atoms with van der Waals surface area (Å²) in [7, 11) is 3.34. The van der Waals surface area contributed by atoms with Crippen LogP contribution in [0, 0.1) is 5.82 Å². The van der Waals surface area contributed by atoms with Gasteiger partial charge in [-0.15, -0.1) is 0 Å². The number of hydrogen-bond donors (Lipinski definition) is 2. The van der Waals surface area contributed by atoms with Crippen LogP contribution in [-0.4, -0.2) is 79.1 Å². The molecule has 2 amide bonds. The molecule has 160 valence electrons. The maximum Gasteiger partial charge on any atom is 0.409 e. The van der Waals surface area contributed by atoms with E-state index < -0.39 is 5.82 Å². The first-order valence-corrected chi connectivity index (χ1v) is 9.66. The van der Waals surface area contributed by atoms with Crippen molar-refractivity contribution in [3.05, 3.63) is 29.8 Å². The molecule has 2 heterocycles. The predicted octanol–water partition coefficient (Wildman–Crippen LogP) is 0.965. The van der Waals surface area contributed by atoms with Crippen molar-refractivity contribution in [3.8, 4) is 0 Å². The number of nitrogens with zero attached hydrogens (tertiary/aromatic N) is 4. The number of carbonyl (C=O) groups excluding carboxylic acids is 2. The molecule has 0 saturated carbocycles. The fraction of sp³-hybridized carbons (Fsp3) is 0.579. The summed E-state index contributed by atoms with van der Waals surface area (Å²) in [5, 5.41) is 6.25. The predicted molar refractivity (Wildman–Crippen MR) is 107 cm³/mol. The van der Waals surface area contributed by atoms with E-state index in [0.29, 0.717) is 38.5 Å². The molecular formula is C19H29FN6O3. The van der Waals surface area contributed by atoms with Gasteiger partial charge in [0.25, 0.3) is 0 Å². The van der Waals surface area contributed by atoms with Crippen LogP contribution in [0.5, 0.6) is 0 Å². The average Bonchev–Trinajstić information content (AvgIpc) is 2.71. The number of aliphatic imine (C=N–C) groups is 1. The Balaban J connectivity index is 1.98. The van der Waals surface area contributed by atoms with Crippen LogP contribution in [0.2, 0.25) is 0 Å². The van der Waals surface area contributed by atoms with Crippen molar-refractivity contribution in [3.63, 3.8) is 0 Å². The van der Waals surface area contributed by atoms with Gasteiger partial charge in [0, 0.05) is 39.4 Å². The van der Waals surface area contributed by atoms with Crippen LogP contribution in [0.1, 0.15) is 25.5 Å². The number of amides is 2. The molecule has 9 nitrogen and oxygen atoms in total. The fourth-order valence-corrected chi connectivity index (χ4v) is 2.77. The molecule has 1 aliphatic heterocycles. The average molecular weight is 408 g/mol. The largest absolute Gasteiger partial charge is 0.450 e. The van der Waals surface area contributed by atoms with Gasteiger partial charge in [0.1, 0.15) is 5.82 Å². The van der Waals surface area contributed by atoms with Gasteiger partial charge in [0.15, 0.2) is 5.96 Å². The maximum atomic E-state index is 13.8. The van der Waals surface area contributed by atoms with E-state index in [1.54, 1.807) is 25.9 Å². The number of likely N-dealkylation sites (N-methyl/N-ethyl adjacent to an activating group) is 1. The Hall–Kier alpha value is -2.91. The summed E-state index contributed by atoms with van der Waals surface area (Å²) in [5.41, 5.74) is 0.227. The number of likely N-dealkylation sites (tertiary alicyclic amines) is 1. The SMILES string of the molecule is CCOC(=O)N1CCC(NC(=NCc2ncccc2F)NCC(=O)N(C)C)CC1. The summed E-state index contributed by atoms with van der Waals surface area (Å²) in [6.45, 7) is 3.36. The van der Waals surface area contributed by atoms with E-state index in [2.05, 4.69) is 20.6 Å². The van der Waals surface area contributed by atoms with Crippen LogP contribution in [0.25, 0.3) is 0 Å². The zero-order valence-corrected chi connectivity index (χ0v) is 17.2. The summed E-state index contributed by atoms with van der Waals surface area (Å²) >= 11 is 0. The molecule has 0 radical (unpaired) electrons. The molecule has 1 aliphatic rings. The van der Waals surface area contributed by atoms with E-state index in [1.807, 2.05) is 0 Å². The zero-order chi connectivity index (χ0) is 21.2. The number of aromatic nitrogens is 1. The van der Waals surface area contributed by atoms with Crippen molar-refractivity contribution in [1.29, 1.82) is 0 Å². The molecule has 1 aromatic heterocycles. The third kappa shape index (κ3) is 7.20. The van der Waals surface area contributed by atoms with E-state index in [9.17, 15) is 14.0 Å². The lowest BCUT2D eigenvalue weighted by molar-refractivity contribution is -0.127. The number of rotatable bonds is 6. The summed E-state index contributed by atoms with van der Waals surface area (Å²) in [5.74, 6) is -0.136. The zero-order valence-electron chi connectivity index (χ0n) is 17.2. The smallest absolute Gasteiger partial charge is 0.409 e. The van der Waals surface area contributed by atoms with Crippen LogP contribution >= 0.6 is 0 Å². The summed E-state index contributed by atoms with van der Waals surface area (Å²) in [6.07, 6.45) is 2.62. The lowest BCUT2D eigenvalue weighted by Crippen LogP contribution is -2.51. The number of pyridine rings is 1. The Morgan fingerprint density at radius 3 is 2.72 bits per heavy atom. The normalized spacial score (nSPS) is 15.0. The molecule has 1 fully saturated rings. The highest BCUT2D eigenvalue weighted by molar-refractivity contribution is 5.86. The van der Waals surface area contributed by atoms with Gasteiger partial charge < -0.3 is 25.2 Å². The second-order valence-corrected chi connectivity index (χ2v) is 6.84. The molecule has 0 aromatic carbocycles. The number of piperidine rings is 1. The molecule has 29 heavy (non-hydrogen) atoms. The molecule has 0 atom stereocenters. The van der Waals surface area contributed by atoms with Crippen LogP contribution in [-0.2, 0) is 16.1 Å². The van der Waals surface area contributed by atoms with E-state index >= 15 is 0 Å². The first-order valence-electron chi connectivity index (χ1n) is 9.66. The Labute approximate surface area is 170 Å². The quantitative estimate of drug-likeness (QED) is 0.538. The summed E-state index contributed by atoms with van der Waals surface area (Å²) in [6, 6.07) is 2.92. The van der Waals surface area contributed by atoms with Crippen molar-refractivity contribution in [2.45, 2.75) is 32.4 Å². The van der Waals surface area contributed by atoms with Crippen LogP contribution in [0.4, 0.5) is 9.18 Å². The van der Waals surface area contributed by atoms with Gasteiger partial charge in [0.2, 0.25) is 5.91 Å². The highest BCUT2D eigenvalue weighted by atomic mass is 19.1. The van der Waals surface area contributed by atoms with Crippen LogP contribution in [0.3, 0.4) is 0 Å². The van der Waals surface area contributed by atoms with Crippen molar-refractivity contribution >= 4 is 18.0 Å². The molecule has 0 unspecified atom stereocenters. The Morgan fingerprint density at radius 1 is 1.38 bits per heavy atom. The number of ether oxygens (including phenoxy) is 1. The van der Waals surface area contributed by atoms with Gasteiger partial charge >= 0.3 is 6.09 Å². The Morgan fingerprint density at radius 2 is 2.10 bits per heavy atom. The first-order chi connectivity index (χ1) is 13.9. The van der Waals surface area contributed by atoms with Gasteiger partial charge in [-0.2, -0.15) is 0 Å². The topological polar surface area (TPSA) is 99.2 Å². The van der Waals surface area contributed by atoms with E-state index in [-0.39, 0.29) is 36.8 Å². The Bertz CT molecular complexity index is 720. The molecule has 2 rings (SSSR count). The van der Waals surface area contributed by atoms with Gasteiger partial charge in [0.05, 0.1) is 25.4 Å². The van der Waals surface area contributed by atoms with Crippen LogP contribution < -0.4 is 10.6 Å². The molecule has 2 N–H and O–H groups in total. The van der Waals surface area contributed by atoms with Gasteiger partial charge in [-0.05, 0) is 31.9 Å². The van der Waals surface area contributed by atoms with Crippen molar-refractivity contribution in [1.82, 2.24) is 25.4 Å². The van der Waals surface area contributed by atoms with Gasteiger partial charge in [-0.3, -0.25) is 9.78 Å². The minimum atomic E-state index is -0.428. The molecule has 0 bridgehead atoms.